The Morgan fingerprint density at radius 1 is 1.29 bits per heavy atom. The van der Waals surface area contributed by atoms with Crippen molar-refractivity contribution in [2.45, 2.75) is 65.8 Å². The van der Waals surface area contributed by atoms with Gasteiger partial charge in [-0.05, 0) is 19.3 Å². The Labute approximate surface area is 131 Å². The lowest BCUT2D eigenvalue weighted by Crippen LogP contribution is -2.27. The van der Waals surface area contributed by atoms with E-state index in [1.54, 1.807) is 4.57 Å². The van der Waals surface area contributed by atoms with E-state index in [0.29, 0.717) is 13.0 Å². The molecule has 1 rings (SSSR count). The van der Waals surface area contributed by atoms with Crippen LogP contribution in [0.15, 0.2) is 10.2 Å². The maximum absolute atomic E-state index is 11.7. The van der Waals surface area contributed by atoms with Gasteiger partial charge in [0.15, 0.2) is 0 Å². The highest BCUT2D eigenvalue weighted by atomic mass is 32.1. The van der Waals surface area contributed by atoms with Crippen molar-refractivity contribution in [3.8, 4) is 0 Å². The van der Waals surface area contributed by atoms with Gasteiger partial charge in [-0.2, -0.15) is 0 Å². The Balaban J connectivity index is 2.06. The SMILES string of the molecule is Cc1csc(=O)n1CCC(=O)NCCCCCCC(C)C. The lowest BCUT2D eigenvalue weighted by Gasteiger charge is -2.07. The van der Waals surface area contributed by atoms with E-state index in [0.717, 1.165) is 24.6 Å². The van der Waals surface area contributed by atoms with Crippen molar-refractivity contribution in [2.24, 2.45) is 5.92 Å². The van der Waals surface area contributed by atoms with Crippen LogP contribution < -0.4 is 10.2 Å². The zero-order valence-corrected chi connectivity index (χ0v) is 14.3. The van der Waals surface area contributed by atoms with Crippen LogP contribution in [0.3, 0.4) is 0 Å². The normalized spacial score (nSPS) is 11.0. The van der Waals surface area contributed by atoms with E-state index in [1.165, 1.54) is 37.0 Å². The Kier molecular flexibility index (Phi) is 8.35. The fourth-order valence-electron chi connectivity index (χ4n) is 2.24. The highest BCUT2D eigenvalue weighted by Crippen LogP contribution is 2.09. The van der Waals surface area contributed by atoms with Crippen molar-refractivity contribution in [1.29, 1.82) is 0 Å². The van der Waals surface area contributed by atoms with Gasteiger partial charge in [0.05, 0.1) is 0 Å². The summed E-state index contributed by atoms with van der Waals surface area (Å²) in [5.41, 5.74) is 0.933. The van der Waals surface area contributed by atoms with Crippen LogP contribution >= 0.6 is 11.3 Å². The number of carbonyl (C=O) groups excluding carboxylic acids is 1. The standard InChI is InChI=1S/C16H28N2O2S/c1-13(2)8-6-4-5-7-10-17-15(19)9-11-18-14(3)12-21-16(18)20/h12-13H,4-11H2,1-3H3,(H,17,19). The summed E-state index contributed by atoms with van der Waals surface area (Å²) >= 11 is 1.19. The van der Waals surface area contributed by atoms with Gasteiger partial charge < -0.3 is 9.88 Å². The Morgan fingerprint density at radius 3 is 2.62 bits per heavy atom. The first kappa shape index (κ1) is 18.0. The summed E-state index contributed by atoms with van der Waals surface area (Å²) in [5.74, 6) is 0.823. The molecule has 0 aliphatic rings. The van der Waals surface area contributed by atoms with Crippen LogP contribution in [0.1, 0.15) is 58.1 Å². The third kappa shape index (κ3) is 7.46. The van der Waals surface area contributed by atoms with E-state index in [4.69, 9.17) is 0 Å². The summed E-state index contributed by atoms with van der Waals surface area (Å²) in [7, 11) is 0. The molecule has 1 N–H and O–H groups in total. The molecule has 0 bridgehead atoms. The molecule has 0 radical (unpaired) electrons. The number of amides is 1. The van der Waals surface area contributed by atoms with Crippen molar-refractivity contribution in [2.75, 3.05) is 6.54 Å². The molecule has 0 atom stereocenters. The van der Waals surface area contributed by atoms with Gasteiger partial charge in [-0.15, -0.1) is 0 Å². The molecule has 5 heteroatoms. The monoisotopic (exact) mass is 312 g/mol. The number of aromatic nitrogens is 1. The van der Waals surface area contributed by atoms with Gasteiger partial charge in [0.25, 0.3) is 0 Å². The van der Waals surface area contributed by atoms with Crippen molar-refractivity contribution < 1.29 is 4.79 Å². The summed E-state index contributed by atoms with van der Waals surface area (Å²) in [6.45, 7) is 7.63. The molecular formula is C16H28N2O2S. The number of nitrogens with zero attached hydrogens (tertiary/aromatic N) is 1. The van der Waals surface area contributed by atoms with Crippen LogP contribution in [-0.2, 0) is 11.3 Å². The average Bonchev–Trinajstić information content (AvgIpc) is 2.74. The third-order valence-electron chi connectivity index (χ3n) is 3.57. The third-order valence-corrected chi connectivity index (χ3v) is 4.45. The van der Waals surface area contributed by atoms with Crippen LogP contribution in [-0.4, -0.2) is 17.0 Å². The second-order valence-corrected chi connectivity index (χ2v) is 6.81. The number of nitrogens with one attached hydrogen (secondary N) is 1. The minimum atomic E-state index is 0.0189. The molecule has 0 unspecified atom stereocenters. The van der Waals surface area contributed by atoms with E-state index in [-0.39, 0.29) is 10.8 Å². The van der Waals surface area contributed by atoms with Gasteiger partial charge in [0.2, 0.25) is 5.91 Å². The van der Waals surface area contributed by atoms with Crippen molar-refractivity contribution in [3.63, 3.8) is 0 Å². The van der Waals surface area contributed by atoms with E-state index in [1.807, 2.05) is 12.3 Å². The molecule has 1 aromatic heterocycles. The summed E-state index contributed by atoms with van der Waals surface area (Å²) in [4.78, 5) is 23.2. The Morgan fingerprint density at radius 2 is 2.00 bits per heavy atom. The smallest absolute Gasteiger partial charge is 0.307 e. The summed E-state index contributed by atoms with van der Waals surface area (Å²) in [5, 5.41) is 4.76. The number of rotatable bonds is 10. The molecule has 0 aliphatic heterocycles. The first-order valence-corrected chi connectivity index (χ1v) is 8.80. The molecular weight excluding hydrogens is 284 g/mol. The minimum absolute atomic E-state index is 0.0189. The highest BCUT2D eigenvalue weighted by molar-refractivity contribution is 7.07. The predicted molar refractivity (Wildman–Crippen MR) is 88.9 cm³/mol. The Hall–Kier alpha value is -1.10. The maximum Gasteiger partial charge on any atom is 0.307 e. The topological polar surface area (TPSA) is 51.1 Å². The molecule has 1 heterocycles. The predicted octanol–water partition coefficient (Wildman–Crippen LogP) is 3.33. The Bertz CT molecular complexity index is 477. The number of aryl methyl sites for hydroxylation is 1. The van der Waals surface area contributed by atoms with Crippen LogP contribution in [0.4, 0.5) is 0 Å². The number of thiazole rings is 1. The molecule has 0 aliphatic carbocycles. The van der Waals surface area contributed by atoms with Gasteiger partial charge in [-0.25, -0.2) is 0 Å². The first-order chi connectivity index (χ1) is 10.0. The van der Waals surface area contributed by atoms with Crippen molar-refractivity contribution in [3.05, 3.63) is 20.7 Å². The van der Waals surface area contributed by atoms with Crippen molar-refractivity contribution in [1.82, 2.24) is 9.88 Å². The summed E-state index contributed by atoms with van der Waals surface area (Å²) in [6, 6.07) is 0. The van der Waals surface area contributed by atoms with Crippen LogP contribution in [0.25, 0.3) is 0 Å². The fourth-order valence-corrected chi connectivity index (χ4v) is 3.00. The lowest BCUT2D eigenvalue weighted by atomic mass is 10.0. The summed E-state index contributed by atoms with van der Waals surface area (Å²) < 4.78 is 1.66. The lowest BCUT2D eigenvalue weighted by molar-refractivity contribution is -0.121. The second kappa shape index (κ2) is 9.77. The van der Waals surface area contributed by atoms with Crippen molar-refractivity contribution >= 4 is 17.2 Å². The number of hydrogen-bond acceptors (Lipinski definition) is 3. The highest BCUT2D eigenvalue weighted by Gasteiger charge is 2.06. The van der Waals surface area contributed by atoms with Crippen LogP contribution in [0.5, 0.6) is 0 Å². The molecule has 21 heavy (non-hydrogen) atoms. The molecule has 0 saturated carbocycles. The molecule has 0 spiro atoms. The van der Waals surface area contributed by atoms with E-state index in [9.17, 15) is 9.59 Å². The maximum atomic E-state index is 11.7. The average molecular weight is 312 g/mol. The number of hydrogen-bond donors (Lipinski definition) is 1. The van der Waals surface area contributed by atoms with Gasteiger partial charge in [-0.1, -0.05) is 50.9 Å². The molecule has 1 amide bonds. The van der Waals surface area contributed by atoms with Crippen LogP contribution in [0.2, 0.25) is 0 Å². The van der Waals surface area contributed by atoms with Gasteiger partial charge in [0, 0.05) is 30.6 Å². The molecule has 0 fully saturated rings. The molecule has 0 aromatic carbocycles. The fraction of sp³-hybridized carbons (Fsp3) is 0.750. The van der Waals surface area contributed by atoms with Crippen LogP contribution in [0, 0.1) is 12.8 Å². The first-order valence-electron chi connectivity index (χ1n) is 7.92. The second-order valence-electron chi connectivity index (χ2n) is 5.99. The van der Waals surface area contributed by atoms with E-state index in [2.05, 4.69) is 19.2 Å². The van der Waals surface area contributed by atoms with Gasteiger partial charge in [-0.3, -0.25) is 9.59 Å². The van der Waals surface area contributed by atoms with E-state index >= 15 is 0 Å². The van der Waals surface area contributed by atoms with Gasteiger partial charge >= 0.3 is 4.87 Å². The number of carbonyl (C=O) groups is 1. The van der Waals surface area contributed by atoms with Gasteiger partial charge in [0.1, 0.15) is 0 Å². The zero-order chi connectivity index (χ0) is 15.7. The summed E-state index contributed by atoms with van der Waals surface area (Å²) in [6.07, 6.45) is 6.42. The quantitative estimate of drug-likeness (QED) is 0.674. The molecule has 1 aromatic rings. The largest absolute Gasteiger partial charge is 0.356 e. The van der Waals surface area contributed by atoms with E-state index < -0.39 is 0 Å². The minimum Gasteiger partial charge on any atom is -0.356 e. The molecule has 120 valence electrons. The molecule has 0 saturated heterocycles. The number of unbranched alkanes of at least 4 members (excludes halogenated alkanes) is 3. The zero-order valence-electron chi connectivity index (χ0n) is 13.5. The molecule has 4 nitrogen and oxygen atoms in total.